The smallest absolute Gasteiger partial charge is 0.255 e. The molecule has 2 aromatic rings. The third-order valence-electron chi connectivity index (χ3n) is 5.80. The largest absolute Gasteiger partial charge is 0.490 e. The molecule has 5 nitrogen and oxygen atoms in total. The van der Waals surface area contributed by atoms with E-state index in [-0.39, 0.29) is 18.1 Å². The summed E-state index contributed by atoms with van der Waals surface area (Å²) in [6.45, 7) is 4.04. The summed E-state index contributed by atoms with van der Waals surface area (Å²) in [4.78, 5) is 15.4. The first kappa shape index (κ1) is 19.9. The van der Waals surface area contributed by atoms with Gasteiger partial charge in [-0.2, -0.15) is 0 Å². The summed E-state index contributed by atoms with van der Waals surface area (Å²) >= 11 is 0. The molecule has 5 heteroatoms. The summed E-state index contributed by atoms with van der Waals surface area (Å²) in [7, 11) is 0. The molecule has 1 amide bonds. The van der Waals surface area contributed by atoms with Gasteiger partial charge < -0.3 is 14.8 Å². The molecule has 4 rings (SSSR count). The highest BCUT2D eigenvalue weighted by atomic mass is 16.5. The second-order valence-corrected chi connectivity index (χ2v) is 7.82. The number of rotatable bonds is 8. The molecule has 2 saturated heterocycles. The second-order valence-electron chi connectivity index (χ2n) is 7.82. The molecule has 2 aliphatic rings. The van der Waals surface area contributed by atoms with Gasteiger partial charge >= 0.3 is 0 Å². The molecule has 2 aromatic carbocycles. The Balaban J connectivity index is 1.41. The van der Waals surface area contributed by atoms with E-state index in [0.29, 0.717) is 24.5 Å². The van der Waals surface area contributed by atoms with E-state index >= 15 is 0 Å². The molecule has 2 atom stereocenters. The van der Waals surface area contributed by atoms with Crippen LogP contribution >= 0.6 is 0 Å². The van der Waals surface area contributed by atoms with Crippen LogP contribution in [-0.4, -0.2) is 49.8 Å². The van der Waals surface area contributed by atoms with Gasteiger partial charge in [-0.05, 0) is 56.5 Å². The third-order valence-corrected chi connectivity index (χ3v) is 5.80. The number of nitrogens with zero attached hydrogens (tertiary/aromatic N) is 1. The number of nitrogens with one attached hydrogen (secondary N) is 1. The number of likely N-dealkylation sites (tertiary alicyclic amines) is 1. The Morgan fingerprint density at radius 2 is 1.83 bits per heavy atom. The molecule has 0 spiro atoms. The molecule has 0 aliphatic carbocycles. The molecule has 2 aliphatic heterocycles. The topological polar surface area (TPSA) is 50.8 Å². The van der Waals surface area contributed by atoms with Crippen LogP contribution in [0.3, 0.4) is 0 Å². The number of benzene rings is 2. The van der Waals surface area contributed by atoms with E-state index in [1.807, 2.05) is 30.3 Å². The highest BCUT2D eigenvalue weighted by Crippen LogP contribution is 2.25. The second kappa shape index (κ2) is 9.90. The fourth-order valence-electron chi connectivity index (χ4n) is 4.21. The lowest BCUT2D eigenvalue weighted by atomic mass is 10.1. The van der Waals surface area contributed by atoms with Crippen molar-refractivity contribution in [3.8, 4) is 5.75 Å². The Morgan fingerprint density at radius 1 is 1.07 bits per heavy atom. The van der Waals surface area contributed by atoms with Crippen LogP contribution in [0.1, 0.15) is 47.6 Å². The Labute approximate surface area is 173 Å². The first-order chi connectivity index (χ1) is 14.3. The first-order valence-electron chi connectivity index (χ1n) is 10.7. The van der Waals surface area contributed by atoms with Crippen molar-refractivity contribution in [1.29, 1.82) is 0 Å². The van der Waals surface area contributed by atoms with Crippen LogP contribution in [-0.2, 0) is 4.74 Å². The van der Waals surface area contributed by atoms with Crippen LogP contribution in [0, 0.1) is 0 Å². The van der Waals surface area contributed by atoms with Gasteiger partial charge in [0.05, 0.1) is 17.7 Å². The van der Waals surface area contributed by atoms with Gasteiger partial charge in [-0.15, -0.1) is 0 Å². The quantitative estimate of drug-likeness (QED) is 0.740. The first-order valence-corrected chi connectivity index (χ1v) is 10.7. The van der Waals surface area contributed by atoms with Crippen molar-refractivity contribution in [2.24, 2.45) is 0 Å². The molecule has 0 saturated carbocycles. The van der Waals surface area contributed by atoms with Gasteiger partial charge in [0.25, 0.3) is 5.91 Å². The van der Waals surface area contributed by atoms with Gasteiger partial charge in [0.15, 0.2) is 0 Å². The number of hydrogen-bond acceptors (Lipinski definition) is 4. The van der Waals surface area contributed by atoms with Crippen molar-refractivity contribution >= 4 is 5.91 Å². The fraction of sp³-hybridized carbons (Fsp3) is 0.458. The average molecular weight is 395 g/mol. The molecule has 2 unspecified atom stereocenters. The monoisotopic (exact) mass is 394 g/mol. The Hall–Kier alpha value is -2.37. The van der Waals surface area contributed by atoms with E-state index in [4.69, 9.17) is 9.47 Å². The van der Waals surface area contributed by atoms with E-state index in [9.17, 15) is 4.79 Å². The lowest BCUT2D eigenvalue weighted by molar-refractivity contribution is 0.0670. The van der Waals surface area contributed by atoms with E-state index in [1.54, 1.807) is 0 Å². The van der Waals surface area contributed by atoms with E-state index < -0.39 is 0 Å². The lowest BCUT2D eigenvalue weighted by Gasteiger charge is -2.28. The number of amides is 1. The summed E-state index contributed by atoms with van der Waals surface area (Å²) in [5.41, 5.74) is 1.83. The van der Waals surface area contributed by atoms with Crippen molar-refractivity contribution in [3.05, 3.63) is 65.7 Å². The average Bonchev–Trinajstić information content (AvgIpc) is 3.48. The maximum Gasteiger partial charge on any atom is 0.255 e. The predicted molar refractivity (Wildman–Crippen MR) is 113 cm³/mol. The van der Waals surface area contributed by atoms with Crippen LogP contribution in [0.2, 0.25) is 0 Å². The van der Waals surface area contributed by atoms with E-state index in [1.165, 1.54) is 18.4 Å². The number of carbonyl (C=O) groups is 1. The summed E-state index contributed by atoms with van der Waals surface area (Å²) < 4.78 is 11.6. The number of hydrogen-bond donors (Lipinski definition) is 1. The molecule has 29 heavy (non-hydrogen) atoms. The zero-order valence-corrected chi connectivity index (χ0v) is 16.9. The Kier molecular flexibility index (Phi) is 6.80. The summed E-state index contributed by atoms with van der Waals surface area (Å²) in [5, 5.41) is 3.15. The van der Waals surface area contributed by atoms with E-state index in [2.05, 4.69) is 34.5 Å². The van der Waals surface area contributed by atoms with Crippen molar-refractivity contribution in [1.82, 2.24) is 10.2 Å². The van der Waals surface area contributed by atoms with Gasteiger partial charge in [0.2, 0.25) is 0 Å². The minimum Gasteiger partial charge on any atom is -0.490 e. The number of carbonyl (C=O) groups excluding carboxylic acids is 1. The normalized spacial score (nSPS) is 20.5. The van der Waals surface area contributed by atoms with Crippen molar-refractivity contribution < 1.29 is 14.3 Å². The predicted octanol–water partition coefficient (Wildman–Crippen LogP) is 3.81. The number of para-hydroxylation sites is 1. The zero-order chi connectivity index (χ0) is 19.9. The Bertz CT molecular complexity index is 784. The van der Waals surface area contributed by atoms with Crippen molar-refractivity contribution in [3.63, 3.8) is 0 Å². The molecule has 1 N–H and O–H groups in total. The van der Waals surface area contributed by atoms with Crippen LogP contribution in [0.15, 0.2) is 54.6 Å². The van der Waals surface area contributed by atoms with Crippen LogP contribution in [0.25, 0.3) is 0 Å². The summed E-state index contributed by atoms with van der Waals surface area (Å²) in [6.07, 6.45) is 4.66. The Morgan fingerprint density at radius 3 is 2.59 bits per heavy atom. The van der Waals surface area contributed by atoms with Gasteiger partial charge in [-0.1, -0.05) is 42.5 Å². The molecular formula is C24H30N2O3. The molecule has 0 bridgehead atoms. The van der Waals surface area contributed by atoms with Gasteiger partial charge in [0, 0.05) is 13.2 Å². The van der Waals surface area contributed by atoms with Crippen LogP contribution in [0.4, 0.5) is 0 Å². The molecule has 0 aromatic heterocycles. The van der Waals surface area contributed by atoms with Crippen molar-refractivity contribution in [2.75, 3.05) is 32.8 Å². The minimum atomic E-state index is -0.0898. The zero-order valence-electron chi connectivity index (χ0n) is 16.9. The maximum atomic E-state index is 13.0. The van der Waals surface area contributed by atoms with Crippen LogP contribution in [0.5, 0.6) is 5.75 Å². The van der Waals surface area contributed by atoms with Gasteiger partial charge in [0.1, 0.15) is 12.4 Å². The van der Waals surface area contributed by atoms with Gasteiger partial charge in [-0.25, -0.2) is 0 Å². The molecule has 0 radical (unpaired) electrons. The molecule has 154 valence electrons. The minimum absolute atomic E-state index is 0.0898. The SMILES string of the molecule is O=C(NCC(c1ccccc1)N1CCCC1)c1ccccc1OCC1CCCO1. The third kappa shape index (κ3) is 5.17. The number of ether oxygens (including phenoxy) is 2. The highest BCUT2D eigenvalue weighted by Gasteiger charge is 2.24. The molecule has 2 fully saturated rings. The fourth-order valence-corrected chi connectivity index (χ4v) is 4.21. The molecular weight excluding hydrogens is 364 g/mol. The summed E-state index contributed by atoms with van der Waals surface area (Å²) in [5.74, 6) is 0.533. The standard InChI is InChI=1S/C24H30N2O3/c27-24(21-12-4-5-13-23(21)29-18-20-11-8-16-28-20)25-17-22(26-14-6-7-15-26)19-9-2-1-3-10-19/h1-5,9-10,12-13,20,22H,6-8,11,14-18H2,(H,25,27). The summed E-state index contributed by atoms with van der Waals surface area (Å²) in [6, 6.07) is 18.1. The van der Waals surface area contributed by atoms with Gasteiger partial charge in [-0.3, -0.25) is 9.69 Å². The van der Waals surface area contributed by atoms with Crippen LogP contribution < -0.4 is 10.1 Å². The van der Waals surface area contributed by atoms with E-state index in [0.717, 1.165) is 32.5 Å². The maximum absolute atomic E-state index is 13.0. The lowest BCUT2D eigenvalue weighted by Crippen LogP contribution is -2.37. The van der Waals surface area contributed by atoms with Crippen molar-refractivity contribution in [2.45, 2.75) is 37.8 Å². The highest BCUT2D eigenvalue weighted by molar-refractivity contribution is 5.96. The molecule has 2 heterocycles.